The molecule has 0 aliphatic heterocycles. The molecule has 0 radical (unpaired) electrons. The highest BCUT2D eigenvalue weighted by Crippen LogP contribution is 2.23. The number of imidazole rings is 1. The number of carbonyl (C=O) groups excluding carboxylic acids is 1. The van der Waals surface area contributed by atoms with Crippen molar-refractivity contribution in [2.45, 2.75) is 19.4 Å². The van der Waals surface area contributed by atoms with Crippen molar-refractivity contribution >= 4 is 41.1 Å². The lowest BCUT2D eigenvalue weighted by Gasteiger charge is -2.19. The van der Waals surface area contributed by atoms with Gasteiger partial charge in [-0.2, -0.15) is 0 Å². The van der Waals surface area contributed by atoms with E-state index in [0.29, 0.717) is 8.98 Å². The number of hydrogen-bond donors (Lipinski definition) is 2. The van der Waals surface area contributed by atoms with Crippen LogP contribution in [0.2, 0.25) is 5.02 Å². The second-order valence-corrected chi connectivity index (χ2v) is 7.90. The third kappa shape index (κ3) is 4.18. The van der Waals surface area contributed by atoms with E-state index in [1.807, 2.05) is 36.9 Å². The maximum Gasteiger partial charge on any atom is 0.226 e. The van der Waals surface area contributed by atoms with Crippen LogP contribution in [0.15, 0.2) is 36.7 Å². The minimum atomic E-state index is -0.350. The van der Waals surface area contributed by atoms with Gasteiger partial charge >= 0.3 is 0 Å². The van der Waals surface area contributed by atoms with Gasteiger partial charge in [0.25, 0.3) is 0 Å². The number of nitrogens with one attached hydrogen (secondary N) is 2. The average molecular weight is 393 g/mol. The Balaban J connectivity index is 1.86. The van der Waals surface area contributed by atoms with Crippen molar-refractivity contribution in [3.05, 3.63) is 67.6 Å². The van der Waals surface area contributed by atoms with Crippen LogP contribution >= 0.6 is 35.2 Å². The maximum atomic E-state index is 12.6. The number of thiazole rings is 1. The van der Waals surface area contributed by atoms with E-state index in [2.05, 4.69) is 15.3 Å². The second kappa shape index (κ2) is 7.51. The molecular formula is C17H17ClN4OS2. The van der Waals surface area contributed by atoms with Crippen molar-refractivity contribution in [1.82, 2.24) is 19.9 Å². The smallest absolute Gasteiger partial charge is 0.226 e. The summed E-state index contributed by atoms with van der Waals surface area (Å²) in [5, 5.41) is 3.72. The van der Waals surface area contributed by atoms with E-state index in [-0.39, 0.29) is 18.4 Å². The first kappa shape index (κ1) is 17.8. The van der Waals surface area contributed by atoms with Gasteiger partial charge in [0.15, 0.2) is 3.95 Å². The standard InChI is InChI=1S/C17H17ClN4OS2/c1-10-13(25-17(24)20-10)9-14(23)21-15(16-19-7-8-22(16)2)11-3-5-12(18)6-4-11/h3-8,15H,9H2,1-2H3,(H,20,24)(H,21,23)/t15-/m0/s1. The molecule has 5 nitrogen and oxygen atoms in total. The van der Waals surface area contributed by atoms with Crippen LogP contribution in [0, 0.1) is 10.9 Å². The molecule has 8 heteroatoms. The average Bonchev–Trinajstić information content (AvgIpc) is 3.11. The number of amides is 1. The van der Waals surface area contributed by atoms with E-state index in [9.17, 15) is 4.79 Å². The van der Waals surface area contributed by atoms with Gasteiger partial charge in [-0.15, -0.1) is 11.3 Å². The molecule has 3 aromatic rings. The highest BCUT2D eigenvalue weighted by atomic mass is 35.5. The lowest BCUT2D eigenvalue weighted by molar-refractivity contribution is -0.121. The van der Waals surface area contributed by atoms with Gasteiger partial charge < -0.3 is 14.9 Å². The van der Waals surface area contributed by atoms with Gasteiger partial charge in [0, 0.05) is 35.0 Å². The molecule has 2 heterocycles. The molecule has 0 aliphatic carbocycles. The summed E-state index contributed by atoms with van der Waals surface area (Å²) in [5.74, 6) is 0.672. The summed E-state index contributed by atoms with van der Waals surface area (Å²) in [4.78, 5) is 21.0. The fourth-order valence-electron chi connectivity index (χ4n) is 2.57. The summed E-state index contributed by atoms with van der Waals surface area (Å²) in [7, 11) is 1.90. The lowest BCUT2D eigenvalue weighted by atomic mass is 10.1. The van der Waals surface area contributed by atoms with Crippen molar-refractivity contribution in [3.8, 4) is 0 Å². The van der Waals surface area contributed by atoms with Gasteiger partial charge in [0.05, 0.1) is 6.42 Å². The van der Waals surface area contributed by atoms with E-state index in [1.54, 1.807) is 18.3 Å². The van der Waals surface area contributed by atoms with E-state index in [1.165, 1.54) is 11.3 Å². The molecule has 1 amide bonds. The largest absolute Gasteiger partial charge is 0.342 e. The molecular weight excluding hydrogens is 376 g/mol. The normalized spacial score (nSPS) is 12.1. The van der Waals surface area contributed by atoms with Crippen molar-refractivity contribution < 1.29 is 4.79 Å². The number of carbonyl (C=O) groups is 1. The number of H-pyrrole nitrogens is 1. The molecule has 0 fully saturated rings. The van der Waals surface area contributed by atoms with Crippen molar-refractivity contribution in [1.29, 1.82) is 0 Å². The summed E-state index contributed by atoms with van der Waals surface area (Å²) in [6, 6.07) is 7.06. The minimum Gasteiger partial charge on any atom is -0.342 e. The summed E-state index contributed by atoms with van der Waals surface area (Å²) in [6.07, 6.45) is 3.84. The molecule has 0 saturated carbocycles. The number of aromatic nitrogens is 3. The Kier molecular flexibility index (Phi) is 5.36. The van der Waals surface area contributed by atoms with Crippen molar-refractivity contribution in [2.24, 2.45) is 7.05 Å². The summed E-state index contributed by atoms with van der Waals surface area (Å²) in [6.45, 7) is 1.92. The Bertz CT molecular complexity index is 942. The molecule has 25 heavy (non-hydrogen) atoms. The summed E-state index contributed by atoms with van der Waals surface area (Å²) >= 11 is 12.6. The molecule has 3 rings (SSSR count). The SMILES string of the molecule is Cc1[nH]c(=S)sc1CC(=O)N[C@@H](c1ccc(Cl)cc1)c1nccn1C. The van der Waals surface area contributed by atoms with Crippen LogP contribution in [0.3, 0.4) is 0 Å². The first-order chi connectivity index (χ1) is 11.9. The monoisotopic (exact) mass is 392 g/mol. The van der Waals surface area contributed by atoms with E-state index < -0.39 is 0 Å². The Labute approximate surface area is 159 Å². The molecule has 2 N–H and O–H groups in total. The highest BCUT2D eigenvalue weighted by Gasteiger charge is 2.21. The van der Waals surface area contributed by atoms with Crippen molar-refractivity contribution in [2.75, 3.05) is 0 Å². The van der Waals surface area contributed by atoms with Crippen LogP contribution in [-0.4, -0.2) is 20.4 Å². The molecule has 0 bridgehead atoms. The van der Waals surface area contributed by atoms with Crippen LogP contribution in [0.5, 0.6) is 0 Å². The molecule has 0 aliphatic rings. The van der Waals surface area contributed by atoms with Crippen LogP contribution in [0.25, 0.3) is 0 Å². The number of aromatic amines is 1. The quantitative estimate of drug-likeness (QED) is 0.646. The predicted octanol–water partition coefficient (Wildman–Crippen LogP) is 3.95. The van der Waals surface area contributed by atoms with E-state index in [4.69, 9.17) is 23.8 Å². The molecule has 1 aromatic carbocycles. The number of halogens is 1. The van der Waals surface area contributed by atoms with Crippen LogP contribution < -0.4 is 5.32 Å². The predicted molar refractivity (Wildman–Crippen MR) is 103 cm³/mol. The Morgan fingerprint density at radius 1 is 1.44 bits per heavy atom. The molecule has 0 spiro atoms. The Morgan fingerprint density at radius 2 is 2.16 bits per heavy atom. The zero-order chi connectivity index (χ0) is 18.0. The molecule has 0 unspecified atom stereocenters. The third-order valence-electron chi connectivity index (χ3n) is 3.87. The minimum absolute atomic E-state index is 0.0868. The summed E-state index contributed by atoms with van der Waals surface area (Å²) in [5.41, 5.74) is 1.86. The number of aryl methyl sites for hydroxylation is 2. The van der Waals surface area contributed by atoms with Gasteiger partial charge in [-0.1, -0.05) is 23.7 Å². The third-order valence-corrected chi connectivity index (χ3v) is 5.46. The maximum absolute atomic E-state index is 12.6. The first-order valence-corrected chi connectivity index (χ1v) is 9.25. The van der Waals surface area contributed by atoms with Gasteiger partial charge in [0.1, 0.15) is 11.9 Å². The van der Waals surface area contributed by atoms with Gasteiger partial charge in [-0.25, -0.2) is 4.98 Å². The fourth-order valence-corrected chi connectivity index (χ4v) is 3.99. The number of benzene rings is 1. The van der Waals surface area contributed by atoms with Gasteiger partial charge in [0.2, 0.25) is 5.91 Å². The number of hydrogen-bond acceptors (Lipinski definition) is 4. The van der Waals surface area contributed by atoms with Crippen molar-refractivity contribution in [3.63, 3.8) is 0 Å². The highest BCUT2D eigenvalue weighted by molar-refractivity contribution is 7.73. The van der Waals surface area contributed by atoms with Crippen LogP contribution in [0.1, 0.15) is 28.0 Å². The van der Waals surface area contributed by atoms with E-state index >= 15 is 0 Å². The lowest BCUT2D eigenvalue weighted by Crippen LogP contribution is -2.32. The molecule has 2 aromatic heterocycles. The van der Waals surface area contributed by atoms with Crippen LogP contribution in [-0.2, 0) is 18.3 Å². The first-order valence-electron chi connectivity index (χ1n) is 7.64. The van der Waals surface area contributed by atoms with Gasteiger partial charge in [-0.3, -0.25) is 4.79 Å². The fraction of sp³-hybridized carbons (Fsp3) is 0.235. The van der Waals surface area contributed by atoms with Crippen LogP contribution in [0.4, 0.5) is 0 Å². The van der Waals surface area contributed by atoms with E-state index in [0.717, 1.165) is 22.0 Å². The molecule has 0 saturated heterocycles. The molecule has 1 atom stereocenters. The summed E-state index contributed by atoms with van der Waals surface area (Å²) < 4.78 is 2.57. The topological polar surface area (TPSA) is 62.7 Å². The number of rotatable bonds is 5. The second-order valence-electron chi connectivity index (χ2n) is 5.69. The zero-order valence-electron chi connectivity index (χ0n) is 13.7. The Morgan fingerprint density at radius 3 is 2.72 bits per heavy atom. The van der Waals surface area contributed by atoms with Gasteiger partial charge in [-0.05, 0) is 36.8 Å². The Hall–Kier alpha value is -1.96. The number of nitrogens with zero attached hydrogens (tertiary/aromatic N) is 2. The zero-order valence-corrected chi connectivity index (χ0v) is 16.1. The molecule has 130 valence electrons.